The van der Waals surface area contributed by atoms with Gasteiger partial charge in [0.15, 0.2) is 0 Å². The first kappa shape index (κ1) is 8.79. The number of hydrogen-bond acceptors (Lipinski definition) is 2. The van der Waals surface area contributed by atoms with Gasteiger partial charge in [-0.05, 0) is 17.7 Å². The molecule has 62 valence electrons. The van der Waals surface area contributed by atoms with Gasteiger partial charge >= 0.3 is 0 Å². The third-order valence-corrected chi connectivity index (χ3v) is 1.66. The maximum atomic E-state index is 9.36. The molecule has 0 aliphatic rings. The Morgan fingerprint density at radius 3 is 2.92 bits per heavy atom. The lowest BCUT2D eigenvalue weighted by molar-refractivity contribution is 0.186. The monoisotopic (exact) mass is 161 g/mol. The molecule has 2 heteroatoms. The van der Waals surface area contributed by atoms with Crippen LogP contribution in [0.5, 0.6) is 0 Å². The lowest BCUT2D eigenvalue weighted by atomic mass is 10.1. The molecule has 12 heavy (non-hydrogen) atoms. The molecule has 0 unspecified atom stereocenters. The van der Waals surface area contributed by atoms with Crippen molar-refractivity contribution in [2.75, 3.05) is 6.54 Å². The molecule has 0 bridgehead atoms. The van der Waals surface area contributed by atoms with Crippen molar-refractivity contribution in [2.24, 2.45) is 5.73 Å². The normalized spacial score (nSPS) is 12.1. The van der Waals surface area contributed by atoms with Crippen molar-refractivity contribution < 1.29 is 5.11 Å². The number of hydrogen-bond donors (Lipinski definition) is 2. The van der Waals surface area contributed by atoms with E-state index in [-0.39, 0.29) is 6.54 Å². The van der Waals surface area contributed by atoms with Crippen LogP contribution in [0.3, 0.4) is 0 Å². The Kier molecular flexibility index (Phi) is 2.87. The predicted molar refractivity (Wildman–Crippen MR) is 48.4 cm³/mol. The summed E-state index contributed by atoms with van der Waals surface area (Å²) >= 11 is 0. The fraction of sp³-hybridized carbons (Fsp3) is 0.200. The first-order valence-electron chi connectivity index (χ1n) is 3.72. The molecular formula is C10H11NO. The molecule has 0 heterocycles. The fourth-order valence-electron chi connectivity index (χ4n) is 0.972. The largest absolute Gasteiger partial charge is 0.387 e. The fourth-order valence-corrected chi connectivity index (χ4v) is 0.972. The van der Waals surface area contributed by atoms with Gasteiger partial charge < -0.3 is 10.8 Å². The van der Waals surface area contributed by atoms with Crippen molar-refractivity contribution in [1.82, 2.24) is 0 Å². The summed E-state index contributed by atoms with van der Waals surface area (Å²) in [6.07, 6.45) is 4.58. The van der Waals surface area contributed by atoms with Gasteiger partial charge in [-0.3, -0.25) is 0 Å². The first-order chi connectivity index (χ1) is 5.77. The van der Waals surface area contributed by atoms with Crippen molar-refractivity contribution in [3.63, 3.8) is 0 Å². The summed E-state index contributed by atoms with van der Waals surface area (Å²) in [6.45, 7) is 0.216. The van der Waals surface area contributed by atoms with E-state index in [1.165, 1.54) is 0 Å². The number of rotatable bonds is 2. The van der Waals surface area contributed by atoms with Gasteiger partial charge in [-0.15, -0.1) is 6.42 Å². The topological polar surface area (TPSA) is 46.2 Å². The molecule has 0 aliphatic carbocycles. The molecule has 0 spiro atoms. The average Bonchev–Trinajstić information content (AvgIpc) is 2.17. The Morgan fingerprint density at radius 1 is 1.58 bits per heavy atom. The lowest BCUT2D eigenvalue weighted by Crippen LogP contribution is -2.11. The van der Waals surface area contributed by atoms with Gasteiger partial charge in [0.25, 0.3) is 0 Å². The summed E-state index contributed by atoms with van der Waals surface area (Å²) in [4.78, 5) is 0. The van der Waals surface area contributed by atoms with E-state index in [2.05, 4.69) is 5.92 Å². The van der Waals surface area contributed by atoms with Gasteiger partial charge in [0.05, 0.1) is 6.10 Å². The van der Waals surface area contributed by atoms with Crippen LogP contribution >= 0.6 is 0 Å². The quantitative estimate of drug-likeness (QED) is 0.626. The van der Waals surface area contributed by atoms with E-state index in [9.17, 15) is 5.11 Å². The minimum atomic E-state index is -0.613. The molecule has 0 aromatic heterocycles. The highest BCUT2D eigenvalue weighted by molar-refractivity contribution is 5.36. The van der Waals surface area contributed by atoms with Crippen molar-refractivity contribution in [2.45, 2.75) is 6.10 Å². The van der Waals surface area contributed by atoms with Gasteiger partial charge in [-0.2, -0.15) is 0 Å². The minimum Gasteiger partial charge on any atom is -0.387 e. The Hall–Kier alpha value is -1.30. The summed E-state index contributed by atoms with van der Waals surface area (Å²) in [5, 5.41) is 9.36. The molecule has 0 radical (unpaired) electrons. The van der Waals surface area contributed by atoms with Crippen LogP contribution in [-0.4, -0.2) is 11.7 Å². The highest BCUT2D eigenvalue weighted by Crippen LogP contribution is 2.12. The Labute approximate surface area is 72.0 Å². The summed E-state index contributed by atoms with van der Waals surface area (Å²) < 4.78 is 0. The van der Waals surface area contributed by atoms with Gasteiger partial charge in [0.1, 0.15) is 0 Å². The Bertz CT molecular complexity index is 301. The zero-order valence-corrected chi connectivity index (χ0v) is 6.70. The molecule has 0 aliphatic heterocycles. The van der Waals surface area contributed by atoms with Crippen molar-refractivity contribution in [3.8, 4) is 12.3 Å². The van der Waals surface area contributed by atoms with Gasteiger partial charge in [-0.25, -0.2) is 0 Å². The molecule has 0 saturated carbocycles. The zero-order valence-electron chi connectivity index (χ0n) is 6.70. The molecule has 1 aromatic rings. The Morgan fingerprint density at radius 2 is 2.33 bits per heavy atom. The second kappa shape index (κ2) is 3.91. The van der Waals surface area contributed by atoms with Crippen LogP contribution in [0.25, 0.3) is 0 Å². The zero-order chi connectivity index (χ0) is 8.97. The SMILES string of the molecule is C#Cc1cccc([C@@H](O)CN)c1. The molecule has 1 rings (SSSR count). The third kappa shape index (κ3) is 1.85. The van der Waals surface area contributed by atoms with Crippen LogP contribution in [0, 0.1) is 12.3 Å². The van der Waals surface area contributed by atoms with E-state index >= 15 is 0 Å². The number of terminal acetylenes is 1. The third-order valence-electron chi connectivity index (χ3n) is 1.66. The number of aliphatic hydroxyl groups is 1. The van der Waals surface area contributed by atoms with E-state index in [0.29, 0.717) is 0 Å². The average molecular weight is 161 g/mol. The van der Waals surface area contributed by atoms with E-state index in [1.807, 2.05) is 12.1 Å². The minimum absolute atomic E-state index is 0.216. The summed E-state index contributed by atoms with van der Waals surface area (Å²) in [5.74, 6) is 2.49. The van der Waals surface area contributed by atoms with Gasteiger partial charge in [-0.1, -0.05) is 18.1 Å². The molecule has 3 N–H and O–H groups in total. The molecule has 0 amide bonds. The highest BCUT2D eigenvalue weighted by Gasteiger charge is 2.03. The van der Waals surface area contributed by atoms with Crippen LogP contribution in [-0.2, 0) is 0 Å². The number of benzene rings is 1. The second-order valence-electron chi connectivity index (χ2n) is 2.52. The van der Waals surface area contributed by atoms with Gasteiger partial charge in [0.2, 0.25) is 0 Å². The predicted octanol–water partition coefficient (Wildman–Crippen LogP) is 0.660. The molecule has 0 saturated heterocycles. The van der Waals surface area contributed by atoms with Gasteiger partial charge in [0, 0.05) is 12.1 Å². The smallest absolute Gasteiger partial charge is 0.0912 e. The molecule has 0 fully saturated rings. The molecular weight excluding hydrogens is 150 g/mol. The van der Waals surface area contributed by atoms with E-state index < -0.39 is 6.10 Å². The number of nitrogens with two attached hydrogens (primary N) is 1. The van der Waals surface area contributed by atoms with Crippen molar-refractivity contribution >= 4 is 0 Å². The van der Waals surface area contributed by atoms with Crippen LogP contribution in [0.1, 0.15) is 17.2 Å². The maximum absolute atomic E-state index is 9.36. The summed E-state index contributed by atoms with van der Waals surface area (Å²) in [7, 11) is 0. The summed E-state index contributed by atoms with van der Waals surface area (Å²) in [6, 6.07) is 7.19. The van der Waals surface area contributed by atoms with Crippen LogP contribution < -0.4 is 5.73 Å². The summed E-state index contributed by atoms with van der Waals surface area (Å²) in [5.41, 5.74) is 6.83. The molecule has 2 nitrogen and oxygen atoms in total. The number of aliphatic hydroxyl groups excluding tert-OH is 1. The van der Waals surface area contributed by atoms with Crippen LogP contribution in [0.4, 0.5) is 0 Å². The van der Waals surface area contributed by atoms with Crippen molar-refractivity contribution in [1.29, 1.82) is 0 Å². The lowest BCUT2D eigenvalue weighted by Gasteiger charge is -2.07. The second-order valence-corrected chi connectivity index (χ2v) is 2.52. The molecule has 1 atom stereocenters. The van der Waals surface area contributed by atoms with Crippen molar-refractivity contribution in [3.05, 3.63) is 35.4 Å². The van der Waals surface area contributed by atoms with E-state index in [1.54, 1.807) is 12.1 Å². The maximum Gasteiger partial charge on any atom is 0.0912 e. The molecule has 1 aromatic carbocycles. The van der Waals surface area contributed by atoms with E-state index in [4.69, 9.17) is 12.2 Å². The highest BCUT2D eigenvalue weighted by atomic mass is 16.3. The van der Waals surface area contributed by atoms with Crippen LogP contribution in [0.2, 0.25) is 0 Å². The standard InChI is InChI=1S/C10H11NO/c1-2-8-4-3-5-9(6-8)10(12)7-11/h1,3-6,10,12H,7,11H2/t10-/m0/s1. The van der Waals surface area contributed by atoms with E-state index in [0.717, 1.165) is 11.1 Å². The first-order valence-corrected chi connectivity index (χ1v) is 3.72. The Balaban J connectivity index is 2.95. The van der Waals surface area contributed by atoms with Crippen LogP contribution in [0.15, 0.2) is 24.3 Å².